The SMILES string of the molecule is Cc1ccc(C#C[C@@H]2CCCN2Cc2ccccc2)cc1. The van der Waals surface area contributed by atoms with Crippen LogP contribution < -0.4 is 0 Å². The Morgan fingerprint density at radius 3 is 2.57 bits per heavy atom. The molecule has 0 unspecified atom stereocenters. The van der Waals surface area contributed by atoms with Gasteiger partial charge in [0.05, 0.1) is 6.04 Å². The van der Waals surface area contributed by atoms with Crippen molar-refractivity contribution in [2.75, 3.05) is 6.54 Å². The van der Waals surface area contributed by atoms with Crippen LogP contribution >= 0.6 is 0 Å². The van der Waals surface area contributed by atoms with E-state index in [2.05, 4.69) is 78.3 Å². The first kappa shape index (κ1) is 13.9. The van der Waals surface area contributed by atoms with Gasteiger partial charge in [-0.3, -0.25) is 4.90 Å². The molecule has 1 heteroatoms. The molecule has 1 atom stereocenters. The van der Waals surface area contributed by atoms with Crippen molar-refractivity contribution in [2.24, 2.45) is 0 Å². The van der Waals surface area contributed by atoms with Crippen LogP contribution in [0.5, 0.6) is 0 Å². The maximum absolute atomic E-state index is 3.46. The molecule has 1 heterocycles. The fourth-order valence-electron chi connectivity index (χ4n) is 2.80. The van der Waals surface area contributed by atoms with E-state index in [1.807, 2.05) is 0 Å². The smallest absolute Gasteiger partial charge is 0.0721 e. The number of nitrogens with zero attached hydrogens (tertiary/aromatic N) is 1. The van der Waals surface area contributed by atoms with Gasteiger partial charge in [-0.1, -0.05) is 59.9 Å². The standard InChI is InChI=1S/C20H21N/c1-17-9-11-18(12-10-17)13-14-20-8-5-15-21(20)16-19-6-3-2-4-7-19/h2-4,6-7,9-12,20H,5,8,15-16H2,1H3/t20-/m0/s1. The van der Waals surface area contributed by atoms with Crippen molar-refractivity contribution in [3.05, 3.63) is 71.3 Å². The molecule has 1 saturated heterocycles. The lowest BCUT2D eigenvalue weighted by Gasteiger charge is -2.20. The van der Waals surface area contributed by atoms with E-state index in [1.165, 1.54) is 24.0 Å². The number of aryl methyl sites for hydroxylation is 1. The fourth-order valence-corrected chi connectivity index (χ4v) is 2.80. The summed E-state index contributed by atoms with van der Waals surface area (Å²) in [6, 6.07) is 19.6. The molecule has 0 saturated carbocycles. The Morgan fingerprint density at radius 2 is 1.81 bits per heavy atom. The molecule has 1 aliphatic rings. The normalized spacial score (nSPS) is 18.2. The maximum Gasteiger partial charge on any atom is 0.0721 e. The van der Waals surface area contributed by atoms with Gasteiger partial charge in [-0.2, -0.15) is 0 Å². The van der Waals surface area contributed by atoms with Gasteiger partial charge in [0, 0.05) is 12.1 Å². The Balaban J connectivity index is 1.69. The van der Waals surface area contributed by atoms with Crippen LogP contribution in [-0.4, -0.2) is 17.5 Å². The monoisotopic (exact) mass is 275 g/mol. The third kappa shape index (κ3) is 3.74. The average molecular weight is 275 g/mol. The Bertz CT molecular complexity index is 631. The number of benzene rings is 2. The first-order valence-corrected chi connectivity index (χ1v) is 7.67. The molecular formula is C20H21N. The van der Waals surface area contributed by atoms with Crippen molar-refractivity contribution in [3.8, 4) is 11.8 Å². The number of hydrogen-bond acceptors (Lipinski definition) is 1. The topological polar surface area (TPSA) is 3.24 Å². The van der Waals surface area contributed by atoms with E-state index in [0.29, 0.717) is 6.04 Å². The predicted octanol–water partition coefficient (Wildman–Crippen LogP) is 4.01. The molecule has 21 heavy (non-hydrogen) atoms. The highest BCUT2D eigenvalue weighted by Gasteiger charge is 2.22. The van der Waals surface area contributed by atoms with E-state index in [0.717, 1.165) is 18.7 Å². The van der Waals surface area contributed by atoms with Gasteiger partial charge in [-0.15, -0.1) is 0 Å². The summed E-state index contributed by atoms with van der Waals surface area (Å²) >= 11 is 0. The van der Waals surface area contributed by atoms with E-state index in [9.17, 15) is 0 Å². The van der Waals surface area contributed by atoms with Crippen molar-refractivity contribution in [1.29, 1.82) is 0 Å². The molecule has 0 aliphatic carbocycles. The Morgan fingerprint density at radius 1 is 1.05 bits per heavy atom. The molecule has 1 aliphatic heterocycles. The van der Waals surface area contributed by atoms with E-state index in [1.54, 1.807) is 0 Å². The molecule has 3 rings (SSSR count). The fraction of sp³-hybridized carbons (Fsp3) is 0.300. The molecule has 0 N–H and O–H groups in total. The van der Waals surface area contributed by atoms with Crippen LogP contribution in [0.1, 0.15) is 29.5 Å². The number of likely N-dealkylation sites (tertiary alicyclic amines) is 1. The van der Waals surface area contributed by atoms with E-state index < -0.39 is 0 Å². The van der Waals surface area contributed by atoms with E-state index >= 15 is 0 Å². The molecule has 0 amide bonds. The van der Waals surface area contributed by atoms with Crippen LogP contribution in [0.2, 0.25) is 0 Å². The maximum atomic E-state index is 3.46. The summed E-state index contributed by atoms with van der Waals surface area (Å²) in [5.74, 6) is 6.80. The van der Waals surface area contributed by atoms with Gasteiger partial charge in [0.15, 0.2) is 0 Å². The van der Waals surface area contributed by atoms with E-state index in [-0.39, 0.29) is 0 Å². The lowest BCUT2D eigenvalue weighted by atomic mass is 10.1. The molecule has 1 fully saturated rings. The number of rotatable bonds is 2. The second kappa shape index (κ2) is 6.61. The van der Waals surface area contributed by atoms with Crippen LogP contribution in [0.3, 0.4) is 0 Å². The van der Waals surface area contributed by atoms with Crippen LogP contribution in [0.25, 0.3) is 0 Å². The summed E-state index contributed by atoms with van der Waals surface area (Å²) in [4.78, 5) is 2.50. The largest absolute Gasteiger partial charge is 0.285 e. The van der Waals surface area contributed by atoms with E-state index in [4.69, 9.17) is 0 Å². The first-order valence-electron chi connectivity index (χ1n) is 7.67. The predicted molar refractivity (Wildman–Crippen MR) is 87.9 cm³/mol. The summed E-state index contributed by atoms with van der Waals surface area (Å²) < 4.78 is 0. The zero-order chi connectivity index (χ0) is 14.5. The lowest BCUT2D eigenvalue weighted by molar-refractivity contribution is 0.288. The van der Waals surface area contributed by atoms with Gasteiger partial charge in [0.1, 0.15) is 0 Å². The van der Waals surface area contributed by atoms with Crippen molar-refractivity contribution in [3.63, 3.8) is 0 Å². The first-order chi connectivity index (χ1) is 10.3. The molecule has 0 radical (unpaired) electrons. The Kier molecular flexibility index (Phi) is 4.38. The molecule has 1 nitrogen and oxygen atoms in total. The van der Waals surface area contributed by atoms with Crippen LogP contribution in [-0.2, 0) is 6.54 Å². The molecular weight excluding hydrogens is 254 g/mol. The van der Waals surface area contributed by atoms with Crippen LogP contribution in [0.15, 0.2) is 54.6 Å². The minimum absolute atomic E-state index is 0.395. The van der Waals surface area contributed by atoms with Crippen molar-refractivity contribution >= 4 is 0 Å². The summed E-state index contributed by atoms with van der Waals surface area (Å²) in [5, 5.41) is 0. The molecule has 2 aromatic carbocycles. The highest BCUT2D eigenvalue weighted by molar-refractivity contribution is 5.37. The number of hydrogen-bond donors (Lipinski definition) is 0. The zero-order valence-corrected chi connectivity index (χ0v) is 12.5. The zero-order valence-electron chi connectivity index (χ0n) is 12.5. The van der Waals surface area contributed by atoms with Gasteiger partial charge in [-0.25, -0.2) is 0 Å². The third-order valence-electron chi connectivity index (χ3n) is 4.03. The minimum Gasteiger partial charge on any atom is -0.285 e. The summed E-state index contributed by atoms with van der Waals surface area (Å²) in [6.45, 7) is 4.27. The highest BCUT2D eigenvalue weighted by Crippen LogP contribution is 2.19. The molecule has 106 valence electrons. The highest BCUT2D eigenvalue weighted by atomic mass is 15.2. The summed E-state index contributed by atoms with van der Waals surface area (Å²) in [6.07, 6.45) is 2.44. The Labute approximate surface area is 127 Å². The van der Waals surface area contributed by atoms with Gasteiger partial charge >= 0.3 is 0 Å². The van der Waals surface area contributed by atoms with Crippen molar-refractivity contribution < 1.29 is 0 Å². The van der Waals surface area contributed by atoms with Gasteiger partial charge in [0.2, 0.25) is 0 Å². The third-order valence-corrected chi connectivity index (χ3v) is 4.03. The molecule has 0 bridgehead atoms. The van der Waals surface area contributed by atoms with Gasteiger partial charge in [0.25, 0.3) is 0 Å². The lowest BCUT2D eigenvalue weighted by Crippen LogP contribution is -2.27. The van der Waals surface area contributed by atoms with Crippen molar-refractivity contribution in [1.82, 2.24) is 4.90 Å². The minimum atomic E-state index is 0.395. The van der Waals surface area contributed by atoms with Crippen LogP contribution in [0, 0.1) is 18.8 Å². The Hall–Kier alpha value is -2.04. The molecule has 0 spiro atoms. The second-order valence-corrected chi connectivity index (χ2v) is 5.75. The van der Waals surface area contributed by atoms with Crippen molar-refractivity contribution in [2.45, 2.75) is 32.4 Å². The van der Waals surface area contributed by atoms with Gasteiger partial charge < -0.3 is 0 Å². The van der Waals surface area contributed by atoms with Crippen LogP contribution in [0.4, 0.5) is 0 Å². The molecule has 2 aromatic rings. The quantitative estimate of drug-likeness (QED) is 0.749. The molecule has 0 aromatic heterocycles. The second-order valence-electron chi connectivity index (χ2n) is 5.75. The summed E-state index contributed by atoms with van der Waals surface area (Å²) in [7, 11) is 0. The average Bonchev–Trinajstić information content (AvgIpc) is 2.95. The van der Waals surface area contributed by atoms with Gasteiger partial charge in [-0.05, 0) is 44.0 Å². The summed E-state index contributed by atoms with van der Waals surface area (Å²) in [5.41, 5.74) is 3.78.